The third-order valence-electron chi connectivity index (χ3n) is 6.94. The van der Waals surface area contributed by atoms with E-state index in [1.165, 1.54) is 29.8 Å². The molecule has 0 saturated heterocycles. The maximum atomic E-state index is 13.7. The van der Waals surface area contributed by atoms with Crippen LogP contribution in [0.5, 0.6) is 23.0 Å². The van der Waals surface area contributed by atoms with E-state index in [0.717, 1.165) is 10.5 Å². The van der Waals surface area contributed by atoms with Crippen LogP contribution in [-0.4, -0.2) is 45.1 Å². The number of phenols is 1. The predicted molar refractivity (Wildman–Crippen MR) is 156 cm³/mol. The minimum atomic E-state index is -0.820. The van der Waals surface area contributed by atoms with Gasteiger partial charge in [0.25, 0.3) is 11.8 Å². The van der Waals surface area contributed by atoms with E-state index in [1.807, 2.05) is 30.3 Å². The molecule has 5 aromatic rings. The summed E-state index contributed by atoms with van der Waals surface area (Å²) >= 11 is 0. The topological polar surface area (TPSA) is 107 Å². The van der Waals surface area contributed by atoms with E-state index in [1.54, 1.807) is 51.1 Å². The normalized spacial score (nSPS) is 13.1. The van der Waals surface area contributed by atoms with Gasteiger partial charge in [-0.3, -0.25) is 14.5 Å². The van der Waals surface area contributed by atoms with Crippen LogP contribution in [0.3, 0.4) is 0 Å². The first-order valence-corrected chi connectivity index (χ1v) is 13.4. The van der Waals surface area contributed by atoms with E-state index in [9.17, 15) is 19.5 Å². The minimum Gasteiger partial charge on any atom is -0.504 e. The fraction of sp³-hybridized carbons (Fsp3) is 0.182. The van der Waals surface area contributed by atoms with Crippen molar-refractivity contribution >= 4 is 39.7 Å². The lowest BCUT2D eigenvalue weighted by atomic mass is 10.0. The third kappa shape index (κ3) is 4.58. The summed E-state index contributed by atoms with van der Waals surface area (Å²) in [7, 11) is 1.39. The van der Waals surface area contributed by atoms with Crippen LogP contribution in [0.25, 0.3) is 21.8 Å². The zero-order valence-corrected chi connectivity index (χ0v) is 23.5. The zero-order chi connectivity index (χ0) is 29.8. The highest BCUT2D eigenvalue weighted by Gasteiger charge is 2.40. The van der Waals surface area contributed by atoms with Crippen molar-refractivity contribution in [3.8, 4) is 23.0 Å². The average molecular weight is 565 g/mol. The van der Waals surface area contributed by atoms with E-state index < -0.39 is 23.5 Å². The summed E-state index contributed by atoms with van der Waals surface area (Å²) in [5, 5.41) is 11.3. The number of ether oxygens (including phenoxy) is 3. The molecule has 0 bridgehead atoms. The molecule has 0 spiro atoms. The van der Waals surface area contributed by atoms with Gasteiger partial charge >= 0.3 is 6.09 Å². The van der Waals surface area contributed by atoms with Crippen molar-refractivity contribution in [1.82, 2.24) is 9.47 Å². The number of para-hydroxylation sites is 2. The maximum Gasteiger partial charge on any atom is 0.419 e. The molecule has 2 amide bonds. The van der Waals surface area contributed by atoms with E-state index in [-0.39, 0.29) is 28.4 Å². The fourth-order valence-corrected chi connectivity index (χ4v) is 5.06. The molecule has 4 aromatic carbocycles. The van der Waals surface area contributed by atoms with E-state index in [2.05, 4.69) is 0 Å². The van der Waals surface area contributed by atoms with Crippen molar-refractivity contribution in [3.05, 3.63) is 95.6 Å². The molecule has 1 N–H and O–H groups in total. The number of benzene rings is 4. The number of rotatable bonds is 5. The number of hydrogen-bond acceptors (Lipinski definition) is 7. The minimum absolute atomic E-state index is 0.0230. The first kappa shape index (κ1) is 26.9. The quantitative estimate of drug-likeness (QED) is 0.232. The van der Waals surface area contributed by atoms with Gasteiger partial charge in [-0.2, -0.15) is 0 Å². The van der Waals surface area contributed by atoms with Crippen molar-refractivity contribution in [2.75, 3.05) is 7.05 Å². The van der Waals surface area contributed by atoms with E-state index in [0.29, 0.717) is 34.2 Å². The smallest absolute Gasteiger partial charge is 0.419 e. The number of aromatic nitrogens is 1. The summed E-state index contributed by atoms with van der Waals surface area (Å²) in [5.74, 6) is -0.621. The van der Waals surface area contributed by atoms with Crippen molar-refractivity contribution < 1.29 is 33.7 Å². The van der Waals surface area contributed by atoms with Gasteiger partial charge in [-0.1, -0.05) is 42.5 Å². The van der Waals surface area contributed by atoms with Crippen LogP contribution in [-0.2, 0) is 11.3 Å². The van der Waals surface area contributed by atoms with Crippen LogP contribution >= 0.6 is 0 Å². The zero-order valence-electron chi connectivity index (χ0n) is 23.5. The van der Waals surface area contributed by atoms with Crippen LogP contribution in [0.4, 0.5) is 4.79 Å². The summed E-state index contributed by atoms with van der Waals surface area (Å²) in [6.45, 7) is 5.59. The number of fused-ring (bicyclic) bond motifs is 5. The molecule has 212 valence electrons. The Balaban J connectivity index is 1.61. The maximum absolute atomic E-state index is 13.7. The number of aromatic hydroxyl groups is 1. The Bertz CT molecular complexity index is 1900. The summed E-state index contributed by atoms with van der Waals surface area (Å²) < 4.78 is 19.2. The van der Waals surface area contributed by atoms with Gasteiger partial charge in [-0.15, -0.1) is 0 Å². The van der Waals surface area contributed by atoms with Gasteiger partial charge in [0.1, 0.15) is 23.7 Å². The second-order valence-electron chi connectivity index (χ2n) is 11.0. The largest absolute Gasteiger partial charge is 0.504 e. The highest BCUT2D eigenvalue weighted by molar-refractivity contribution is 6.32. The van der Waals surface area contributed by atoms with Crippen molar-refractivity contribution in [3.63, 3.8) is 0 Å². The first-order chi connectivity index (χ1) is 20.0. The lowest BCUT2D eigenvalue weighted by Crippen LogP contribution is -2.27. The summed E-state index contributed by atoms with van der Waals surface area (Å²) in [5.41, 5.74) is 1.05. The molecule has 1 aliphatic rings. The highest BCUT2D eigenvalue weighted by Crippen LogP contribution is 2.44. The Morgan fingerprint density at radius 3 is 2.24 bits per heavy atom. The lowest BCUT2D eigenvalue weighted by Gasteiger charge is -2.20. The summed E-state index contributed by atoms with van der Waals surface area (Å²) in [4.78, 5) is 41.6. The molecule has 0 fully saturated rings. The fourth-order valence-electron chi connectivity index (χ4n) is 5.06. The van der Waals surface area contributed by atoms with Crippen molar-refractivity contribution in [2.45, 2.75) is 33.0 Å². The first-order valence-electron chi connectivity index (χ1n) is 13.4. The molecule has 42 heavy (non-hydrogen) atoms. The standard InChI is InChI=1S/C33H28N2O7/c1-33(2,3)42-32(39)35-22-16-20(40-18-19-10-6-5-7-11-19)14-15-21(22)27-23(35)17-26(41-25-13-9-8-12-24(25)36)28-29(27)31(38)34(4)30(28)37/h5-17,36H,18H2,1-4H3. The SMILES string of the molecule is CN1C(=O)c2c(Oc3ccccc3O)cc3c(c2C1=O)c1ccc(OCc2ccccc2)cc1n3C(=O)OC(C)(C)C. The van der Waals surface area contributed by atoms with Gasteiger partial charge in [0.15, 0.2) is 11.5 Å². The summed E-state index contributed by atoms with van der Waals surface area (Å²) in [6, 6.07) is 22.7. The second-order valence-corrected chi connectivity index (χ2v) is 11.0. The number of phenolic OH excluding ortho intramolecular Hbond substituents is 1. The van der Waals surface area contributed by atoms with Crippen molar-refractivity contribution in [1.29, 1.82) is 0 Å². The number of carbonyl (C=O) groups excluding carboxylic acids is 3. The van der Waals surface area contributed by atoms with Crippen molar-refractivity contribution in [2.24, 2.45) is 0 Å². The van der Waals surface area contributed by atoms with Crippen LogP contribution in [0, 0.1) is 0 Å². The number of carbonyl (C=O) groups is 3. The number of amides is 2. The van der Waals surface area contributed by atoms with Crippen LogP contribution in [0.2, 0.25) is 0 Å². The predicted octanol–water partition coefficient (Wildman–Crippen LogP) is 6.88. The molecule has 9 nitrogen and oxygen atoms in total. The molecular weight excluding hydrogens is 536 g/mol. The Morgan fingerprint density at radius 1 is 0.833 bits per heavy atom. The van der Waals surface area contributed by atoms with Gasteiger partial charge in [0.05, 0.1) is 22.2 Å². The molecule has 0 unspecified atom stereocenters. The summed E-state index contributed by atoms with van der Waals surface area (Å²) in [6.07, 6.45) is -0.679. The van der Waals surface area contributed by atoms with E-state index >= 15 is 0 Å². The Kier molecular flexibility index (Phi) is 6.37. The number of imide groups is 1. The molecule has 0 aliphatic carbocycles. The molecule has 1 aromatic heterocycles. The van der Waals surface area contributed by atoms with E-state index in [4.69, 9.17) is 14.2 Å². The average Bonchev–Trinajstić information content (AvgIpc) is 3.39. The molecule has 9 heteroatoms. The second kappa shape index (κ2) is 9.95. The van der Waals surface area contributed by atoms with Gasteiger partial charge in [0.2, 0.25) is 0 Å². The Labute approximate surface area is 241 Å². The van der Waals surface area contributed by atoms with Crippen LogP contribution in [0.1, 0.15) is 47.1 Å². The monoisotopic (exact) mass is 564 g/mol. The van der Waals surface area contributed by atoms with Gasteiger partial charge in [0, 0.05) is 30.0 Å². The molecule has 2 heterocycles. The molecule has 1 aliphatic heterocycles. The van der Waals surface area contributed by atoms with Gasteiger partial charge < -0.3 is 19.3 Å². The van der Waals surface area contributed by atoms with Gasteiger partial charge in [-0.05, 0) is 50.6 Å². The molecule has 0 saturated carbocycles. The number of nitrogens with zero attached hydrogens (tertiary/aromatic N) is 2. The number of hydrogen-bond donors (Lipinski definition) is 1. The third-order valence-corrected chi connectivity index (χ3v) is 6.94. The lowest BCUT2D eigenvalue weighted by molar-refractivity contribution is 0.0550. The van der Waals surface area contributed by atoms with Crippen LogP contribution in [0.15, 0.2) is 78.9 Å². The molecule has 6 rings (SSSR count). The molecule has 0 radical (unpaired) electrons. The van der Waals surface area contributed by atoms with Gasteiger partial charge in [-0.25, -0.2) is 9.36 Å². The molecular formula is C33H28N2O7. The Morgan fingerprint density at radius 2 is 1.52 bits per heavy atom. The Hall–Kier alpha value is -5.31. The van der Waals surface area contributed by atoms with Crippen LogP contribution < -0.4 is 9.47 Å². The molecule has 0 atom stereocenters. The highest BCUT2D eigenvalue weighted by atomic mass is 16.6.